The molecule has 16 heavy (non-hydrogen) atoms. The number of rotatable bonds is 1. The highest BCUT2D eigenvalue weighted by molar-refractivity contribution is 7.10. The van der Waals surface area contributed by atoms with Crippen LogP contribution in [0, 0.1) is 11.8 Å². The van der Waals surface area contributed by atoms with Gasteiger partial charge in [-0.15, -0.1) is 0 Å². The zero-order valence-electron chi connectivity index (χ0n) is 9.56. The van der Waals surface area contributed by atoms with Crippen LogP contribution in [-0.2, 0) is 0 Å². The van der Waals surface area contributed by atoms with E-state index in [9.17, 15) is 0 Å². The van der Waals surface area contributed by atoms with E-state index in [1.54, 1.807) is 11.5 Å². The monoisotopic (exact) mass is 237 g/mol. The highest BCUT2D eigenvalue weighted by Gasteiger charge is 2.31. The van der Waals surface area contributed by atoms with Crippen LogP contribution in [0.4, 0.5) is 10.8 Å². The molecular weight excluding hydrogens is 218 g/mol. The molecule has 2 heterocycles. The molecule has 1 aliphatic carbocycles. The van der Waals surface area contributed by atoms with Gasteiger partial charge in [-0.1, -0.05) is 19.3 Å². The zero-order chi connectivity index (χ0) is 11.0. The molecule has 1 aromatic heterocycles. The SMILES string of the molecule is Nc1cc(N2CCC3CCCCC3C2)sn1. The Morgan fingerprint density at radius 3 is 2.81 bits per heavy atom. The molecule has 0 amide bonds. The molecular formula is C12H19N3S. The van der Waals surface area contributed by atoms with Crippen LogP contribution in [0.1, 0.15) is 32.1 Å². The van der Waals surface area contributed by atoms with Crippen molar-refractivity contribution in [2.24, 2.45) is 11.8 Å². The Morgan fingerprint density at radius 1 is 1.25 bits per heavy atom. The summed E-state index contributed by atoms with van der Waals surface area (Å²) in [7, 11) is 0. The fourth-order valence-corrected chi connectivity index (χ4v) is 3.94. The van der Waals surface area contributed by atoms with E-state index >= 15 is 0 Å². The molecule has 1 saturated heterocycles. The first-order chi connectivity index (χ1) is 7.83. The quantitative estimate of drug-likeness (QED) is 0.816. The first-order valence-electron chi connectivity index (χ1n) is 6.30. The van der Waals surface area contributed by atoms with Gasteiger partial charge in [-0.3, -0.25) is 0 Å². The van der Waals surface area contributed by atoms with Crippen LogP contribution in [0.15, 0.2) is 6.07 Å². The highest BCUT2D eigenvalue weighted by atomic mass is 32.1. The van der Waals surface area contributed by atoms with Crippen LogP contribution in [-0.4, -0.2) is 17.5 Å². The molecule has 0 aromatic carbocycles. The van der Waals surface area contributed by atoms with Gasteiger partial charge in [-0.05, 0) is 36.2 Å². The standard InChI is InChI=1S/C12H19N3S/c13-11-7-12(16-14-11)15-6-5-9-3-1-2-4-10(9)8-15/h7,9-10H,1-6,8H2,(H2,13,14). The van der Waals surface area contributed by atoms with Crippen LogP contribution < -0.4 is 10.6 Å². The van der Waals surface area contributed by atoms with E-state index < -0.39 is 0 Å². The first kappa shape index (κ1) is 10.4. The summed E-state index contributed by atoms with van der Waals surface area (Å²) in [6.07, 6.45) is 7.13. The third-order valence-corrected chi connectivity index (χ3v) is 4.98. The molecule has 2 unspecified atom stereocenters. The molecule has 2 fully saturated rings. The number of hydrogen-bond acceptors (Lipinski definition) is 4. The molecule has 1 saturated carbocycles. The Hall–Kier alpha value is -0.770. The summed E-state index contributed by atoms with van der Waals surface area (Å²) in [6, 6.07) is 2.02. The minimum absolute atomic E-state index is 0.672. The van der Waals surface area contributed by atoms with Crippen molar-refractivity contribution in [2.45, 2.75) is 32.1 Å². The third kappa shape index (κ3) is 1.90. The maximum Gasteiger partial charge on any atom is 0.139 e. The molecule has 88 valence electrons. The van der Waals surface area contributed by atoms with Crippen molar-refractivity contribution in [3.8, 4) is 0 Å². The van der Waals surface area contributed by atoms with E-state index in [2.05, 4.69) is 9.27 Å². The minimum atomic E-state index is 0.672. The predicted octanol–water partition coefficient (Wildman–Crippen LogP) is 2.74. The molecule has 0 spiro atoms. The molecule has 0 radical (unpaired) electrons. The molecule has 0 bridgehead atoms. The van der Waals surface area contributed by atoms with Gasteiger partial charge >= 0.3 is 0 Å². The summed E-state index contributed by atoms with van der Waals surface area (Å²) in [5, 5.41) is 1.27. The summed E-state index contributed by atoms with van der Waals surface area (Å²) in [6.45, 7) is 2.43. The summed E-state index contributed by atoms with van der Waals surface area (Å²) >= 11 is 1.55. The fraction of sp³-hybridized carbons (Fsp3) is 0.750. The van der Waals surface area contributed by atoms with Crippen molar-refractivity contribution in [1.82, 2.24) is 4.37 Å². The van der Waals surface area contributed by atoms with Gasteiger partial charge in [-0.25, -0.2) is 0 Å². The second kappa shape index (κ2) is 4.24. The Bertz CT molecular complexity index is 363. The first-order valence-corrected chi connectivity index (χ1v) is 7.07. The molecule has 2 aliphatic rings. The van der Waals surface area contributed by atoms with E-state index in [1.807, 2.05) is 6.07 Å². The van der Waals surface area contributed by atoms with E-state index in [0.29, 0.717) is 5.82 Å². The smallest absolute Gasteiger partial charge is 0.139 e. The van der Waals surface area contributed by atoms with Crippen molar-refractivity contribution in [3.63, 3.8) is 0 Å². The van der Waals surface area contributed by atoms with Crippen molar-refractivity contribution >= 4 is 22.4 Å². The lowest BCUT2D eigenvalue weighted by molar-refractivity contribution is 0.203. The number of anilines is 2. The molecule has 2 N–H and O–H groups in total. The van der Waals surface area contributed by atoms with E-state index in [1.165, 1.54) is 50.2 Å². The van der Waals surface area contributed by atoms with Crippen molar-refractivity contribution in [1.29, 1.82) is 0 Å². The average Bonchev–Trinajstić information content (AvgIpc) is 2.75. The van der Waals surface area contributed by atoms with E-state index in [4.69, 9.17) is 5.73 Å². The molecule has 4 heteroatoms. The Balaban J connectivity index is 1.70. The number of nitrogens with two attached hydrogens (primary N) is 1. The lowest BCUT2D eigenvalue weighted by atomic mass is 9.75. The lowest BCUT2D eigenvalue weighted by Crippen LogP contribution is -2.41. The van der Waals surface area contributed by atoms with Crippen molar-refractivity contribution in [2.75, 3.05) is 23.7 Å². The minimum Gasteiger partial charge on any atom is -0.383 e. The van der Waals surface area contributed by atoms with Crippen LogP contribution in [0.25, 0.3) is 0 Å². The average molecular weight is 237 g/mol. The number of hydrogen-bond donors (Lipinski definition) is 1. The largest absolute Gasteiger partial charge is 0.383 e. The van der Waals surface area contributed by atoms with Gasteiger partial charge in [-0.2, -0.15) is 4.37 Å². The zero-order valence-corrected chi connectivity index (χ0v) is 10.4. The number of nitrogen functional groups attached to an aromatic ring is 1. The van der Waals surface area contributed by atoms with Crippen molar-refractivity contribution in [3.05, 3.63) is 6.07 Å². The summed E-state index contributed by atoms with van der Waals surface area (Å²) < 4.78 is 4.17. The fourth-order valence-electron chi connectivity index (χ4n) is 3.23. The summed E-state index contributed by atoms with van der Waals surface area (Å²) in [5.41, 5.74) is 5.69. The molecule has 2 atom stereocenters. The Morgan fingerprint density at radius 2 is 2.06 bits per heavy atom. The summed E-state index contributed by atoms with van der Waals surface area (Å²) in [4.78, 5) is 2.49. The van der Waals surface area contributed by atoms with Crippen LogP contribution in [0.5, 0.6) is 0 Å². The van der Waals surface area contributed by atoms with Gasteiger partial charge in [0, 0.05) is 19.2 Å². The predicted molar refractivity (Wildman–Crippen MR) is 68.8 cm³/mol. The van der Waals surface area contributed by atoms with E-state index in [0.717, 1.165) is 11.8 Å². The number of nitrogens with zero attached hydrogens (tertiary/aromatic N) is 2. The Kier molecular flexibility index (Phi) is 2.75. The van der Waals surface area contributed by atoms with Crippen LogP contribution in [0.2, 0.25) is 0 Å². The van der Waals surface area contributed by atoms with Crippen molar-refractivity contribution < 1.29 is 0 Å². The normalized spacial score (nSPS) is 30.1. The van der Waals surface area contributed by atoms with Crippen LogP contribution in [0.3, 0.4) is 0 Å². The molecule has 1 aromatic rings. The topological polar surface area (TPSA) is 42.1 Å². The van der Waals surface area contributed by atoms with Gasteiger partial charge in [0.1, 0.15) is 10.8 Å². The second-order valence-corrected chi connectivity index (χ2v) is 5.91. The maximum absolute atomic E-state index is 5.69. The number of piperidine rings is 1. The number of aromatic nitrogens is 1. The van der Waals surface area contributed by atoms with Crippen LogP contribution >= 0.6 is 11.5 Å². The lowest BCUT2D eigenvalue weighted by Gasteiger charge is -2.41. The van der Waals surface area contributed by atoms with E-state index in [-0.39, 0.29) is 0 Å². The molecule has 1 aliphatic heterocycles. The Labute approximate surface area is 101 Å². The van der Waals surface area contributed by atoms with Gasteiger partial charge < -0.3 is 10.6 Å². The summed E-state index contributed by atoms with van der Waals surface area (Å²) in [5.74, 6) is 2.59. The van der Waals surface area contributed by atoms with Gasteiger partial charge in [0.25, 0.3) is 0 Å². The third-order valence-electron chi connectivity index (χ3n) is 4.12. The highest BCUT2D eigenvalue weighted by Crippen LogP contribution is 2.38. The molecule has 3 rings (SSSR count). The number of fused-ring (bicyclic) bond motifs is 1. The molecule has 3 nitrogen and oxygen atoms in total. The van der Waals surface area contributed by atoms with Gasteiger partial charge in [0.05, 0.1) is 0 Å². The maximum atomic E-state index is 5.69. The van der Waals surface area contributed by atoms with Gasteiger partial charge in [0.2, 0.25) is 0 Å². The second-order valence-electron chi connectivity index (χ2n) is 5.13. The van der Waals surface area contributed by atoms with Gasteiger partial charge in [0.15, 0.2) is 0 Å².